The Hall–Kier alpha value is -2.83. The fourth-order valence-electron chi connectivity index (χ4n) is 3.40. The summed E-state index contributed by atoms with van der Waals surface area (Å²) in [4.78, 5) is 23.4. The molecule has 7 nitrogen and oxygen atoms in total. The van der Waals surface area contributed by atoms with E-state index >= 15 is 0 Å². The van der Waals surface area contributed by atoms with Crippen LogP contribution < -0.4 is 14.8 Å². The van der Waals surface area contributed by atoms with E-state index in [-0.39, 0.29) is 5.91 Å². The molecular weight excluding hydrogens is 356 g/mol. The SMILES string of the molecule is COc1ccc(CCNc2cc(C(=O)N3CCCCC3)nc(C)n2)cc1OC. The van der Waals surface area contributed by atoms with Gasteiger partial charge in [-0.1, -0.05) is 6.07 Å². The van der Waals surface area contributed by atoms with Gasteiger partial charge in [-0.2, -0.15) is 0 Å². The van der Waals surface area contributed by atoms with Crippen LogP contribution in [0.2, 0.25) is 0 Å². The Morgan fingerprint density at radius 3 is 2.54 bits per heavy atom. The number of ether oxygens (including phenoxy) is 2. The summed E-state index contributed by atoms with van der Waals surface area (Å²) in [7, 11) is 3.25. The van der Waals surface area contributed by atoms with Crippen LogP contribution in [0.5, 0.6) is 11.5 Å². The van der Waals surface area contributed by atoms with E-state index < -0.39 is 0 Å². The number of benzene rings is 1. The number of hydrogen-bond acceptors (Lipinski definition) is 6. The maximum Gasteiger partial charge on any atom is 0.272 e. The van der Waals surface area contributed by atoms with Crippen LogP contribution in [0.1, 0.15) is 41.1 Å². The first kappa shape index (κ1) is 19.9. The molecule has 0 aliphatic carbocycles. The summed E-state index contributed by atoms with van der Waals surface area (Å²) in [6.45, 7) is 4.11. The zero-order chi connectivity index (χ0) is 19.9. The molecule has 0 radical (unpaired) electrons. The van der Waals surface area contributed by atoms with Gasteiger partial charge in [0.05, 0.1) is 14.2 Å². The molecule has 1 saturated heterocycles. The molecule has 28 heavy (non-hydrogen) atoms. The lowest BCUT2D eigenvalue weighted by Crippen LogP contribution is -2.36. The van der Waals surface area contributed by atoms with Gasteiger partial charge in [0.15, 0.2) is 11.5 Å². The Morgan fingerprint density at radius 2 is 1.82 bits per heavy atom. The van der Waals surface area contributed by atoms with Crippen LogP contribution in [-0.2, 0) is 6.42 Å². The van der Waals surface area contributed by atoms with Gasteiger partial charge in [0, 0.05) is 25.7 Å². The highest BCUT2D eigenvalue weighted by Crippen LogP contribution is 2.27. The normalized spacial score (nSPS) is 13.9. The molecular formula is C21H28N4O3. The van der Waals surface area contributed by atoms with Crippen molar-refractivity contribution in [1.29, 1.82) is 0 Å². The van der Waals surface area contributed by atoms with Crippen LogP contribution >= 0.6 is 0 Å². The van der Waals surface area contributed by atoms with Gasteiger partial charge in [0.25, 0.3) is 5.91 Å². The smallest absolute Gasteiger partial charge is 0.272 e. The van der Waals surface area contributed by atoms with Crippen molar-refractivity contribution >= 4 is 11.7 Å². The summed E-state index contributed by atoms with van der Waals surface area (Å²) in [5.74, 6) is 2.69. The number of carbonyl (C=O) groups excluding carboxylic acids is 1. The van der Waals surface area contributed by atoms with E-state index in [1.165, 1.54) is 6.42 Å². The average Bonchev–Trinajstić information content (AvgIpc) is 2.73. The Balaban J connectivity index is 1.63. The minimum atomic E-state index is -0.00635. The van der Waals surface area contributed by atoms with Gasteiger partial charge in [-0.05, 0) is 50.3 Å². The number of anilines is 1. The third-order valence-corrected chi connectivity index (χ3v) is 4.87. The number of methoxy groups -OCH3 is 2. The molecule has 7 heteroatoms. The quantitative estimate of drug-likeness (QED) is 0.791. The van der Waals surface area contributed by atoms with Crippen LogP contribution in [0.25, 0.3) is 0 Å². The zero-order valence-corrected chi connectivity index (χ0v) is 16.8. The maximum atomic E-state index is 12.7. The number of likely N-dealkylation sites (tertiary alicyclic amines) is 1. The van der Waals surface area contributed by atoms with E-state index in [1.807, 2.05) is 30.0 Å². The van der Waals surface area contributed by atoms with Gasteiger partial charge in [-0.3, -0.25) is 4.79 Å². The van der Waals surface area contributed by atoms with E-state index in [4.69, 9.17) is 9.47 Å². The zero-order valence-electron chi connectivity index (χ0n) is 16.8. The lowest BCUT2D eigenvalue weighted by Gasteiger charge is -2.26. The largest absolute Gasteiger partial charge is 0.493 e. The lowest BCUT2D eigenvalue weighted by molar-refractivity contribution is 0.0718. The molecule has 1 aromatic heterocycles. The molecule has 2 aromatic rings. The van der Waals surface area contributed by atoms with E-state index in [9.17, 15) is 4.79 Å². The summed E-state index contributed by atoms with van der Waals surface area (Å²) in [5.41, 5.74) is 1.59. The second kappa shape index (κ2) is 9.39. The first-order valence-corrected chi connectivity index (χ1v) is 9.70. The fourth-order valence-corrected chi connectivity index (χ4v) is 3.40. The first-order chi connectivity index (χ1) is 13.6. The summed E-state index contributed by atoms with van der Waals surface area (Å²) < 4.78 is 10.6. The van der Waals surface area contributed by atoms with Gasteiger partial charge in [0.1, 0.15) is 17.3 Å². The number of nitrogens with one attached hydrogen (secondary N) is 1. The van der Waals surface area contributed by atoms with Crippen molar-refractivity contribution in [3.05, 3.63) is 41.3 Å². The summed E-state index contributed by atoms with van der Waals surface area (Å²) in [5, 5.41) is 3.30. The fraction of sp³-hybridized carbons (Fsp3) is 0.476. The number of aromatic nitrogens is 2. The van der Waals surface area contributed by atoms with Crippen LogP contribution in [-0.4, -0.2) is 54.6 Å². The van der Waals surface area contributed by atoms with E-state index in [1.54, 1.807) is 20.3 Å². The van der Waals surface area contributed by atoms with Gasteiger partial charge in [-0.25, -0.2) is 9.97 Å². The van der Waals surface area contributed by atoms with Crippen molar-refractivity contribution in [2.45, 2.75) is 32.6 Å². The number of aryl methyl sites for hydroxylation is 1. The summed E-state index contributed by atoms with van der Waals surface area (Å²) in [6.07, 6.45) is 4.10. The molecule has 0 unspecified atom stereocenters. The van der Waals surface area contributed by atoms with Crippen molar-refractivity contribution in [2.75, 3.05) is 39.2 Å². The van der Waals surface area contributed by atoms with Crippen LogP contribution in [0, 0.1) is 6.92 Å². The van der Waals surface area contributed by atoms with Gasteiger partial charge >= 0.3 is 0 Å². The van der Waals surface area contributed by atoms with Gasteiger partial charge in [0.2, 0.25) is 0 Å². The summed E-state index contributed by atoms with van der Waals surface area (Å²) >= 11 is 0. The van der Waals surface area contributed by atoms with Crippen molar-refractivity contribution in [2.24, 2.45) is 0 Å². The van der Waals surface area contributed by atoms with Gasteiger partial charge in [-0.15, -0.1) is 0 Å². The molecule has 1 aromatic carbocycles. The van der Waals surface area contributed by atoms with Crippen molar-refractivity contribution < 1.29 is 14.3 Å². The third kappa shape index (κ3) is 4.91. The molecule has 0 saturated carbocycles. The van der Waals surface area contributed by atoms with E-state index in [2.05, 4.69) is 15.3 Å². The monoisotopic (exact) mass is 384 g/mol. The Bertz CT molecular complexity index is 819. The van der Waals surface area contributed by atoms with Crippen LogP contribution in [0.4, 0.5) is 5.82 Å². The summed E-state index contributed by atoms with van der Waals surface area (Å²) in [6, 6.07) is 7.63. The number of amides is 1. The highest BCUT2D eigenvalue weighted by atomic mass is 16.5. The number of piperidine rings is 1. The highest BCUT2D eigenvalue weighted by Gasteiger charge is 2.20. The standard InChI is InChI=1S/C21H28N4O3/c1-15-23-17(21(26)25-11-5-4-6-12-25)14-20(24-15)22-10-9-16-7-8-18(27-2)19(13-16)28-3/h7-8,13-14H,4-6,9-12H2,1-3H3,(H,22,23,24). The lowest BCUT2D eigenvalue weighted by atomic mass is 10.1. The average molecular weight is 384 g/mol. The topological polar surface area (TPSA) is 76.6 Å². The molecule has 0 bridgehead atoms. The molecule has 0 atom stereocenters. The predicted octanol–water partition coefficient (Wildman–Crippen LogP) is 3.08. The third-order valence-electron chi connectivity index (χ3n) is 4.87. The Kier molecular flexibility index (Phi) is 6.68. The van der Waals surface area contributed by atoms with Crippen molar-refractivity contribution in [3.63, 3.8) is 0 Å². The molecule has 150 valence electrons. The predicted molar refractivity (Wildman–Crippen MR) is 108 cm³/mol. The Labute approximate surface area is 166 Å². The molecule has 2 heterocycles. The highest BCUT2D eigenvalue weighted by molar-refractivity contribution is 5.93. The van der Waals surface area contributed by atoms with Crippen molar-refractivity contribution in [1.82, 2.24) is 14.9 Å². The first-order valence-electron chi connectivity index (χ1n) is 9.70. The van der Waals surface area contributed by atoms with Crippen LogP contribution in [0.3, 0.4) is 0 Å². The molecule has 3 rings (SSSR count). The Morgan fingerprint density at radius 1 is 1.07 bits per heavy atom. The van der Waals surface area contributed by atoms with E-state index in [0.717, 1.165) is 37.9 Å². The molecule has 0 spiro atoms. The molecule has 1 amide bonds. The second-order valence-electron chi connectivity index (χ2n) is 6.90. The number of hydrogen-bond donors (Lipinski definition) is 1. The van der Waals surface area contributed by atoms with Crippen molar-refractivity contribution in [3.8, 4) is 11.5 Å². The molecule has 1 aliphatic heterocycles. The van der Waals surface area contributed by atoms with Crippen LogP contribution in [0.15, 0.2) is 24.3 Å². The minimum absolute atomic E-state index is 0.00635. The minimum Gasteiger partial charge on any atom is -0.493 e. The maximum absolute atomic E-state index is 12.7. The molecule has 1 aliphatic rings. The number of nitrogens with zero attached hydrogens (tertiary/aromatic N) is 3. The second-order valence-corrected chi connectivity index (χ2v) is 6.90. The number of carbonyl (C=O) groups is 1. The number of rotatable bonds is 7. The molecule has 1 N–H and O–H groups in total. The van der Waals surface area contributed by atoms with Gasteiger partial charge < -0.3 is 19.7 Å². The molecule has 1 fully saturated rings. The van der Waals surface area contributed by atoms with E-state index in [0.29, 0.717) is 35.4 Å².